The molecule has 0 radical (unpaired) electrons. The average Bonchev–Trinajstić information content (AvgIpc) is 3.02. The fourth-order valence-electron chi connectivity index (χ4n) is 1.67. The zero-order valence-corrected chi connectivity index (χ0v) is 8.07. The number of benzene rings is 1. The molecule has 1 aromatic carbocycles. The van der Waals surface area contributed by atoms with E-state index in [1.807, 2.05) is 0 Å². The maximum absolute atomic E-state index is 13.0. The molecule has 1 saturated carbocycles. The maximum atomic E-state index is 13.0. The van der Waals surface area contributed by atoms with Gasteiger partial charge in [-0.05, 0) is 31.0 Å². The molecule has 1 aliphatic carbocycles. The summed E-state index contributed by atoms with van der Waals surface area (Å²) in [6.07, 6.45) is 2.26. The second-order valence-electron chi connectivity index (χ2n) is 3.90. The van der Waals surface area contributed by atoms with Crippen LogP contribution < -0.4 is 5.73 Å². The second kappa shape index (κ2) is 2.89. The predicted molar refractivity (Wildman–Crippen MR) is 55.9 cm³/mol. The Morgan fingerprint density at radius 3 is 2.80 bits per heavy atom. The van der Waals surface area contributed by atoms with E-state index in [-0.39, 0.29) is 5.82 Å². The molecule has 0 bridgehead atoms. The Bertz CT molecular complexity index is 535. The fourth-order valence-corrected chi connectivity index (χ4v) is 1.67. The van der Waals surface area contributed by atoms with E-state index in [0.717, 1.165) is 24.2 Å². The SMILES string of the molecule is Nc1nc(C2CC2)nc2ccc(F)cc12. The minimum absolute atomic E-state index is 0.308. The molecule has 1 fully saturated rings. The lowest BCUT2D eigenvalue weighted by molar-refractivity contribution is 0.629. The van der Waals surface area contributed by atoms with Crippen molar-refractivity contribution in [2.75, 3.05) is 5.73 Å². The van der Waals surface area contributed by atoms with E-state index in [9.17, 15) is 4.39 Å². The van der Waals surface area contributed by atoms with Crippen molar-refractivity contribution in [1.82, 2.24) is 9.97 Å². The summed E-state index contributed by atoms with van der Waals surface area (Å²) >= 11 is 0. The van der Waals surface area contributed by atoms with Crippen LogP contribution in [0.25, 0.3) is 10.9 Å². The van der Waals surface area contributed by atoms with Gasteiger partial charge in [-0.3, -0.25) is 0 Å². The molecular formula is C11H10FN3. The molecule has 0 amide bonds. The van der Waals surface area contributed by atoms with Crippen molar-refractivity contribution in [1.29, 1.82) is 0 Å². The van der Waals surface area contributed by atoms with Crippen molar-refractivity contribution < 1.29 is 4.39 Å². The summed E-state index contributed by atoms with van der Waals surface area (Å²) in [5.41, 5.74) is 6.50. The van der Waals surface area contributed by atoms with Crippen molar-refractivity contribution in [2.24, 2.45) is 0 Å². The van der Waals surface area contributed by atoms with Crippen LogP contribution in [0.5, 0.6) is 0 Å². The molecule has 2 N–H and O–H groups in total. The normalized spacial score (nSPS) is 15.8. The highest BCUT2D eigenvalue weighted by Gasteiger charge is 2.27. The van der Waals surface area contributed by atoms with Gasteiger partial charge in [-0.25, -0.2) is 14.4 Å². The molecule has 2 aromatic rings. The number of halogens is 1. The summed E-state index contributed by atoms with van der Waals surface area (Å²) in [7, 11) is 0. The van der Waals surface area contributed by atoms with E-state index in [1.54, 1.807) is 6.07 Å². The summed E-state index contributed by atoms with van der Waals surface area (Å²) in [4.78, 5) is 8.59. The number of nitrogen functional groups attached to an aromatic ring is 1. The van der Waals surface area contributed by atoms with Gasteiger partial charge in [0.15, 0.2) is 0 Å². The first-order valence-corrected chi connectivity index (χ1v) is 4.97. The van der Waals surface area contributed by atoms with Crippen molar-refractivity contribution in [3.63, 3.8) is 0 Å². The van der Waals surface area contributed by atoms with Crippen LogP contribution in [0.3, 0.4) is 0 Å². The third-order valence-corrected chi connectivity index (χ3v) is 2.65. The molecule has 1 aromatic heterocycles. The van der Waals surface area contributed by atoms with Gasteiger partial charge < -0.3 is 5.73 Å². The van der Waals surface area contributed by atoms with Crippen LogP contribution >= 0.6 is 0 Å². The van der Waals surface area contributed by atoms with Gasteiger partial charge in [0.2, 0.25) is 0 Å². The first kappa shape index (κ1) is 8.59. The molecule has 3 nitrogen and oxygen atoms in total. The van der Waals surface area contributed by atoms with E-state index in [2.05, 4.69) is 9.97 Å². The first-order valence-electron chi connectivity index (χ1n) is 4.97. The standard InChI is InChI=1S/C11H10FN3/c12-7-3-4-9-8(5-7)10(13)15-11(14-9)6-1-2-6/h3-6H,1-2H2,(H2,13,14,15). The molecule has 0 spiro atoms. The largest absolute Gasteiger partial charge is 0.383 e. The maximum Gasteiger partial charge on any atom is 0.135 e. The molecule has 0 unspecified atom stereocenters. The van der Waals surface area contributed by atoms with E-state index in [4.69, 9.17) is 5.73 Å². The molecule has 1 aliphatic rings. The molecular weight excluding hydrogens is 193 g/mol. The van der Waals surface area contributed by atoms with Crippen LogP contribution in [0.1, 0.15) is 24.6 Å². The lowest BCUT2D eigenvalue weighted by Crippen LogP contribution is -2.00. The van der Waals surface area contributed by atoms with Gasteiger partial charge in [0.05, 0.1) is 5.52 Å². The first-order chi connectivity index (χ1) is 7.24. The zero-order chi connectivity index (χ0) is 10.4. The third-order valence-electron chi connectivity index (χ3n) is 2.65. The average molecular weight is 203 g/mol. The molecule has 0 aliphatic heterocycles. The quantitative estimate of drug-likeness (QED) is 0.773. The fraction of sp³-hybridized carbons (Fsp3) is 0.273. The lowest BCUT2D eigenvalue weighted by Gasteiger charge is -2.04. The molecule has 1 heterocycles. The number of hydrogen-bond acceptors (Lipinski definition) is 3. The molecule has 15 heavy (non-hydrogen) atoms. The minimum Gasteiger partial charge on any atom is -0.383 e. The highest BCUT2D eigenvalue weighted by atomic mass is 19.1. The van der Waals surface area contributed by atoms with Crippen LogP contribution in [-0.4, -0.2) is 9.97 Å². The third kappa shape index (κ3) is 1.42. The smallest absolute Gasteiger partial charge is 0.135 e. The molecule has 0 atom stereocenters. The van der Waals surface area contributed by atoms with Crippen LogP contribution in [0.4, 0.5) is 10.2 Å². The van der Waals surface area contributed by atoms with Crippen LogP contribution in [-0.2, 0) is 0 Å². The molecule has 76 valence electrons. The van der Waals surface area contributed by atoms with E-state index < -0.39 is 0 Å². The number of fused-ring (bicyclic) bond motifs is 1. The number of anilines is 1. The summed E-state index contributed by atoms with van der Waals surface area (Å²) in [6, 6.07) is 4.42. The Morgan fingerprint density at radius 2 is 2.07 bits per heavy atom. The van der Waals surface area contributed by atoms with Crippen LogP contribution in [0.2, 0.25) is 0 Å². The number of aromatic nitrogens is 2. The number of rotatable bonds is 1. The predicted octanol–water partition coefficient (Wildman–Crippen LogP) is 2.23. The Morgan fingerprint density at radius 1 is 1.27 bits per heavy atom. The number of nitrogens with zero attached hydrogens (tertiary/aromatic N) is 2. The van der Waals surface area contributed by atoms with Crippen LogP contribution in [0.15, 0.2) is 18.2 Å². The zero-order valence-electron chi connectivity index (χ0n) is 8.07. The van der Waals surface area contributed by atoms with Crippen molar-refractivity contribution in [3.8, 4) is 0 Å². The Hall–Kier alpha value is -1.71. The topological polar surface area (TPSA) is 51.8 Å². The Labute approximate surface area is 86.1 Å². The number of nitrogens with two attached hydrogens (primary N) is 1. The van der Waals surface area contributed by atoms with Crippen molar-refractivity contribution >= 4 is 16.7 Å². The van der Waals surface area contributed by atoms with Gasteiger partial charge in [-0.2, -0.15) is 0 Å². The molecule has 0 saturated heterocycles. The highest BCUT2D eigenvalue weighted by Crippen LogP contribution is 2.39. The van der Waals surface area contributed by atoms with Gasteiger partial charge in [0, 0.05) is 11.3 Å². The summed E-state index contributed by atoms with van der Waals surface area (Å²) in [6.45, 7) is 0. The molecule has 3 rings (SSSR count). The van der Waals surface area contributed by atoms with Crippen LogP contribution in [0, 0.1) is 5.82 Å². The Kier molecular flexibility index (Phi) is 1.65. The van der Waals surface area contributed by atoms with Gasteiger partial charge in [-0.1, -0.05) is 0 Å². The number of hydrogen-bond donors (Lipinski definition) is 1. The van der Waals surface area contributed by atoms with Crippen molar-refractivity contribution in [3.05, 3.63) is 29.8 Å². The minimum atomic E-state index is -0.308. The summed E-state index contributed by atoms with van der Waals surface area (Å²) < 4.78 is 13.0. The van der Waals surface area contributed by atoms with Gasteiger partial charge in [-0.15, -0.1) is 0 Å². The van der Waals surface area contributed by atoms with Gasteiger partial charge in [0.25, 0.3) is 0 Å². The summed E-state index contributed by atoms with van der Waals surface area (Å²) in [5.74, 6) is 1.33. The van der Waals surface area contributed by atoms with Crippen molar-refractivity contribution in [2.45, 2.75) is 18.8 Å². The molecule has 4 heteroatoms. The second-order valence-corrected chi connectivity index (χ2v) is 3.90. The van der Waals surface area contributed by atoms with E-state index in [1.165, 1.54) is 12.1 Å². The van der Waals surface area contributed by atoms with E-state index >= 15 is 0 Å². The highest BCUT2D eigenvalue weighted by molar-refractivity contribution is 5.87. The lowest BCUT2D eigenvalue weighted by atomic mass is 10.2. The van der Waals surface area contributed by atoms with Gasteiger partial charge >= 0.3 is 0 Å². The van der Waals surface area contributed by atoms with Gasteiger partial charge in [0.1, 0.15) is 17.5 Å². The Balaban J connectivity index is 2.26. The summed E-state index contributed by atoms with van der Waals surface area (Å²) in [5, 5.41) is 0.597. The van der Waals surface area contributed by atoms with E-state index in [0.29, 0.717) is 17.1 Å². The monoisotopic (exact) mass is 203 g/mol.